The molecular formula is C14H13FN4O2. The van der Waals surface area contributed by atoms with Crippen molar-refractivity contribution in [3.63, 3.8) is 0 Å². The standard InChI is InChI=1S/C14H13FN4O2/c1-9-10(5-12(7-16)18(9)2)8-17-13-6-11(15)3-4-14(13)19(20)21/h3-6,17H,8H2,1-2H3. The molecule has 1 aromatic carbocycles. The number of hydrogen-bond donors (Lipinski definition) is 1. The van der Waals surface area contributed by atoms with Crippen molar-refractivity contribution in [1.29, 1.82) is 5.26 Å². The van der Waals surface area contributed by atoms with Crippen molar-refractivity contribution in [1.82, 2.24) is 4.57 Å². The normalized spacial score (nSPS) is 10.2. The second-order valence-electron chi connectivity index (χ2n) is 4.58. The number of nitrogens with zero attached hydrogens (tertiary/aromatic N) is 3. The van der Waals surface area contributed by atoms with E-state index in [0.717, 1.165) is 29.5 Å². The van der Waals surface area contributed by atoms with E-state index in [1.165, 1.54) is 0 Å². The van der Waals surface area contributed by atoms with E-state index >= 15 is 0 Å². The Morgan fingerprint density at radius 2 is 2.19 bits per heavy atom. The lowest BCUT2D eigenvalue weighted by Crippen LogP contribution is -2.04. The lowest BCUT2D eigenvalue weighted by Gasteiger charge is -2.07. The van der Waals surface area contributed by atoms with Crippen LogP contribution >= 0.6 is 0 Å². The van der Waals surface area contributed by atoms with Crippen LogP contribution in [-0.4, -0.2) is 9.49 Å². The molecule has 0 atom stereocenters. The van der Waals surface area contributed by atoms with E-state index in [1.807, 2.05) is 6.92 Å². The summed E-state index contributed by atoms with van der Waals surface area (Å²) in [5, 5.41) is 22.7. The molecule has 2 rings (SSSR count). The van der Waals surface area contributed by atoms with E-state index in [2.05, 4.69) is 11.4 Å². The van der Waals surface area contributed by atoms with Gasteiger partial charge < -0.3 is 9.88 Å². The molecule has 1 aromatic heterocycles. The zero-order chi connectivity index (χ0) is 15.6. The van der Waals surface area contributed by atoms with Crippen LogP contribution < -0.4 is 5.32 Å². The number of aromatic nitrogens is 1. The first kappa shape index (κ1) is 14.5. The van der Waals surface area contributed by atoms with Gasteiger partial charge in [-0.05, 0) is 24.6 Å². The Morgan fingerprint density at radius 1 is 1.48 bits per heavy atom. The highest BCUT2D eigenvalue weighted by molar-refractivity contribution is 5.61. The quantitative estimate of drug-likeness (QED) is 0.692. The van der Waals surface area contributed by atoms with Crippen LogP contribution in [0.2, 0.25) is 0 Å². The topological polar surface area (TPSA) is 83.9 Å². The zero-order valence-corrected chi connectivity index (χ0v) is 11.6. The van der Waals surface area contributed by atoms with Crippen molar-refractivity contribution >= 4 is 11.4 Å². The lowest BCUT2D eigenvalue weighted by atomic mass is 10.2. The highest BCUT2D eigenvalue weighted by atomic mass is 19.1. The molecule has 0 amide bonds. The molecule has 0 unspecified atom stereocenters. The zero-order valence-electron chi connectivity index (χ0n) is 11.6. The average molecular weight is 288 g/mol. The summed E-state index contributed by atoms with van der Waals surface area (Å²) in [6.45, 7) is 2.11. The van der Waals surface area contributed by atoms with Gasteiger partial charge in [-0.2, -0.15) is 5.26 Å². The van der Waals surface area contributed by atoms with Crippen molar-refractivity contribution in [2.45, 2.75) is 13.5 Å². The number of nitro groups is 1. The van der Waals surface area contributed by atoms with Crippen LogP contribution in [0.15, 0.2) is 24.3 Å². The third kappa shape index (κ3) is 2.84. The van der Waals surface area contributed by atoms with Crippen LogP contribution in [0.25, 0.3) is 0 Å². The molecule has 6 nitrogen and oxygen atoms in total. The molecule has 1 heterocycles. The van der Waals surface area contributed by atoms with Crippen LogP contribution in [0.1, 0.15) is 17.0 Å². The van der Waals surface area contributed by atoms with E-state index in [-0.39, 0.29) is 17.9 Å². The summed E-state index contributed by atoms with van der Waals surface area (Å²) in [4.78, 5) is 10.3. The number of anilines is 1. The van der Waals surface area contributed by atoms with Crippen LogP contribution in [0.3, 0.4) is 0 Å². The van der Waals surface area contributed by atoms with Gasteiger partial charge in [-0.15, -0.1) is 0 Å². The Bertz CT molecular complexity index is 746. The SMILES string of the molecule is Cc1c(CNc2cc(F)ccc2[N+](=O)[O-])cc(C#N)n1C. The Kier molecular flexibility index (Phi) is 3.89. The molecule has 0 bridgehead atoms. The summed E-state index contributed by atoms with van der Waals surface area (Å²) in [7, 11) is 1.77. The van der Waals surface area contributed by atoms with E-state index in [9.17, 15) is 14.5 Å². The molecule has 0 aliphatic rings. The van der Waals surface area contributed by atoms with Gasteiger partial charge in [0.2, 0.25) is 0 Å². The van der Waals surface area contributed by atoms with E-state index < -0.39 is 10.7 Å². The van der Waals surface area contributed by atoms with Crippen molar-refractivity contribution < 1.29 is 9.31 Å². The first-order valence-corrected chi connectivity index (χ1v) is 6.17. The van der Waals surface area contributed by atoms with E-state index in [0.29, 0.717) is 5.69 Å². The molecule has 0 radical (unpaired) electrons. The Balaban J connectivity index is 2.27. The molecule has 1 N–H and O–H groups in total. The highest BCUT2D eigenvalue weighted by Crippen LogP contribution is 2.26. The Morgan fingerprint density at radius 3 is 2.76 bits per heavy atom. The minimum Gasteiger partial charge on any atom is -0.375 e. The third-order valence-corrected chi connectivity index (χ3v) is 3.38. The second kappa shape index (κ2) is 5.63. The van der Waals surface area contributed by atoms with Gasteiger partial charge in [-0.25, -0.2) is 4.39 Å². The fraction of sp³-hybridized carbons (Fsp3) is 0.214. The van der Waals surface area contributed by atoms with Crippen molar-refractivity contribution in [2.75, 3.05) is 5.32 Å². The largest absolute Gasteiger partial charge is 0.375 e. The second-order valence-corrected chi connectivity index (χ2v) is 4.58. The van der Waals surface area contributed by atoms with Crippen LogP contribution in [0.4, 0.5) is 15.8 Å². The summed E-state index contributed by atoms with van der Waals surface area (Å²) in [6, 6.07) is 7.01. The Hall–Kier alpha value is -2.88. The molecule has 0 fully saturated rings. The number of nitriles is 1. The predicted octanol–water partition coefficient (Wildman–Crippen LogP) is 2.86. The van der Waals surface area contributed by atoms with Gasteiger partial charge in [0.05, 0.1) is 4.92 Å². The van der Waals surface area contributed by atoms with E-state index in [4.69, 9.17) is 5.26 Å². The maximum Gasteiger partial charge on any atom is 0.292 e. The fourth-order valence-electron chi connectivity index (χ4n) is 2.05. The van der Waals surface area contributed by atoms with Crippen molar-refractivity contribution in [3.8, 4) is 6.07 Å². The number of nitro benzene ring substituents is 1. The van der Waals surface area contributed by atoms with Crippen molar-refractivity contribution in [2.24, 2.45) is 7.05 Å². The molecule has 2 aromatic rings. The van der Waals surface area contributed by atoms with Crippen LogP contribution in [0, 0.1) is 34.2 Å². The number of nitrogens with one attached hydrogen (secondary N) is 1. The molecule has 7 heteroatoms. The summed E-state index contributed by atoms with van der Waals surface area (Å²) in [6.07, 6.45) is 0. The predicted molar refractivity (Wildman–Crippen MR) is 75.2 cm³/mol. The molecule has 0 aliphatic heterocycles. The van der Waals surface area contributed by atoms with Gasteiger partial charge in [0.15, 0.2) is 0 Å². The van der Waals surface area contributed by atoms with Gasteiger partial charge >= 0.3 is 0 Å². The lowest BCUT2D eigenvalue weighted by molar-refractivity contribution is -0.384. The summed E-state index contributed by atoms with van der Waals surface area (Å²) >= 11 is 0. The van der Waals surface area contributed by atoms with Crippen LogP contribution in [-0.2, 0) is 13.6 Å². The van der Waals surface area contributed by atoms with Crippen LogP contribution in [0.5, 0.6) is 0 Å². The molecular weight excluding hydrogens is 275 g/mol. The highest BCUT2D eigenvalue weighted by Gasteiger charge is 2.15. The number of benzene rings is 1. The molecule has 0 saturated heterocycles. The van der Waals surface area contributed by atoms with Crippen molar-refractivity contribution in [3.05, 3.63) is 57.1 Å². The summed E-state index contributed by atoms with van der Waals surface area (Å²) in [5.41, 5.74) is 2.12. The molecule has 21 heavy (non-hydrogen) atoms. The van der Waals surface area contributed by atoms with Gasteiger partial charge in [0.1, 0.15) is 23.3 Å². The summed E-state index contributed by atoms with van der Waals surface area (Å²) < 4.78 is 15.0. The van der Waals surface area contributed by atoms with E-state index in [1.54, 1.807) is 17.7 Å². The van der Waals surface area contributed by atoms with Gasteiger partial charge in [0.25, 0.3) is 5.69 Å². The fourth-order valence-corrected chi connectivity index (χ4v) is 2.05. The average Bonchev–Trinajstić information content (AvgIpc) is 2.72. The third-order valence-electron chi connectivity index (χ3n) is 3.38. The minimum atomic E-state index is -0.569. The molecule has 0 aliphatic carbocycles. The molecule has 108 valence electrons. The number of halogens is 1. The maximum absolute atomic E-state index is 13.2. The number of hydrogen-bond acceptors (Lipinski definition) is 4. The van der Waals surface area contributed by atoms with Gasteiger partial charge in [0, 0.05) is 31.4 Å². The molecule has 0 saturated carbocycles. The van der Waals surface area contributed by atoms with Gasteiger partial charge in [-0.1, -0.05) is 0 Å². The Labute approximate surface area is 120 Å². The first-order valence-electron chi connectivity index (χ1n) is 6.17. The first-order chi connectivity index (χ1) is 9.93. The summed E-state index contributed by atoms with van der Waals surface area (Å²) in [5.74, 6) is -0.550. The maximum atomic E-state index is 13.2. The van der Waals surface area contributed by atoms with Gasteiger partial charge in [-0.3, -0.25) is 10.1 Å². The minimum absolute atomic E-state index is 0.113. The smallest absolute Gasteiger partial charge is 0.292 e. The monoisotopic (exact) mass is 288 g/mol. The number of rotatable bonds is 4. The molecule has 0 spiro atoms.